The lowest BCUT2D eigenvalue weighted by atomic mass is 10.3. The molecular weight excluding hydrogens is 218 g/mol. The molecule has 0 radical (unpaired) electrons. The second kappa shape index (κ2) is 5.61. The first-order valence-electron chi connectivity index (χ1n) is 5.53. The Balaban J connectivity index is 1.96. The van der Waals surface area contributed by atoms with Crippen molar-refractivity contribution in [2.24, 2.45) is 5.10 Å². The lowest BCUT2D eigenvalue weighted by Crippen LogP contribution is -1.87. The van der Waals surface area contributed by atoms with Gasteiger partial charge in [0.25, 0.3) is 0 Å². The maximum absolute atomic E-state index is 4.42. The van der Waals surface area contributed by atoms with E-state index in [-0.39, 0.29) is 0 Å². The van der Waals surface area contributed by atoms with Crippen molar-refractivity contribution in [3.05, 3.63) is 24.3 Å². The molecule has 1 aromatic carbocycles. The fourth-order valence-corrected chi connectivity index (χ4v) is 2.20. The van der Waals surface area contributed by atoms with Crippen LogP contribution in [0.1, 0.15) is 26.2 Å². The molecule has 1 heterocycles. The monoisotopic (exact) mass is 233 g/mol. The molecule has 0 saturated heterocycles. The zero-order valence-electron chi connectivity index (χ0n) is 9.31. The lowest BCUT2D eigenvalue weighted by Gasteiger charge is -1.91. The van der Waals surface area contributed by atoms with E-state index in [0.717, 1.165) is 17.1 Å². The van der Waals surface area contributed by atoms with Gasteiger partial charge >= 0.3 is 0 Å². The Bertz CT molecular complexity index is 443. The molecule has 0 unspecified atom stereocenters. The number of aromatic nitrogens is 1. The van der Waals surface area contributed by atoms with Crippen molar-refractivity contribution in [2.45, 2.75) is 26.2 Å². The van der Waals surface area contributed by atoms with Crippen LogP contribution >= 0.6 is 11.3 Å². The van der Waals surface area contributed by atoms with E-state index in [1.807, 2.05) is 24.4 Å². The van der Waals surface area contributed by atoms with E-state index in [9.17, 15) is 0 Å². The number of rotatable bonds is 5. The summed E-state index contributed by atoms with van der Waals surface area (Å²) in [5.41, 5.74) is 4.00. The first-order valence-corrected chi connectivity index (χ1v) is 6.35. The van der Waals surface area contributed by atoms with Crippen LogP contribution in [-0.4, -0.2) is 11.2 Å². The molecular formula is C12H15N3S. The van der Waals surface area contributed by atoms with Crippen LogP contribution in [0, 0.1) is 0 Å². The second-order valence-electron chi connectivity index (χ2n) is 3.55. The van der Waals surface area contributed by atoms with E-state index >= 15 is 0 Å². The highest BCUT2D eigenvalue weighted by Crippen LogP contribution is 2.25. The van der Waals surface area contributed by atoms with E-state index < -0.39 is 0 Å². The predicted octanol–water partition coefficient (Wildman–Crippen LogP) is 3.88. The Morgan fingerprint density at radius 3 is 3.12 bits per heavy atom. The number of anilines is 1. The molecule has 0 aliphatic rings. The molecule has 0 amide bonds. The summed E-state index contributed by atoms with van der Waals surface area (Å²) >= 11 is 1.63. The highest BCUT2D eigenvalue weighted by Gasteiger charge is 2.00. The molecule has 1 N–H and O–H groups in total. The Labute approximate surface area is 99.2 Å². The van der Waals surface area contributed by atoms with Crippen LogP contribution in [0.15, 0.2) is 29.4 Å². The van der Waals surface area contributed by atoms with Gasteiger partial charge in [-0.25, -0.2) is 4.98 Å². The molecule has 0 saturated carbocycles. The summed E-state index contributed by atoms with van der Waals surface area (Å²) in [5, 5.41) is 5.00. The molecule has 2 rings (SSSR count). The lowest BCUT2D eigenvalue weighted by molar-refractivity contribution is 0.842. The normalized spacial score (nSPS) is 11.3. The number of unbranched alkanes of at least 4 members (excludes halogenated alkanes) is 2. The molecule has 0 bridgehead atoms. The van der Waals surface area contributed by atoms with Crippen molar-refractivity contribution >= 4 is 32.9 Å². The number of hydrazone groups is 1. The van der Waals surface area contributed by atoms with Crippen molar-refractivity contribution in [3.8, 4) is 0 Å². The number of benzene rings is 1. The first-order chi connectivity index (χ1) is 7.90. The third kappa shape index (κ3) is 2.79. The quantitative estimate of drug-likeness (QED) is 0.483. The van der Waals surface area contributed by atoms with E-state index in [4.69, 9.17) is 0 Å². The van der Waals surface area contributed by atoms with Crippen molar-refractivity contribution in [1.82, 2.24) is 4.98 Å². The Morgan fingerprint density at radius 2 is 2.31 bits per heavy atom. The summed E-state index contributed by atoms with van der Waals surface area (Å²) in [5.74, 6) is 0. The van der Waals surface area contributed by atoms with Gasteiger partial charge in [-0.05, 0) is 25.0 Å². The molecule has 84 valence electrons. The second-order valence-corrected chi connectivity index (χ2v) is 4.58. The number of nitrogens with one attached hydrogen (secondary N) is 1. The smallest absolute Gasteiger partial charge is 0.204 e. The molecule has 0 aliphatic carbocycles. The number of hydrogen-bond donors (Lipinski definition) is 1. The summed E-state index contributed by atoms with van der Waals surface area (Å²) in [6.07, 6.45) is 5.32. The fraction of sp³-hybridized carbons (Fsp3) is 0.333. The van der Waals surface area contributed by atoms with Crippen molar-refractivity contribution < 1.29 is 0 Å². The highest BCUT2D eigenvalue weighted by atomic mass is 32.1. The van der Waals surface area contributed by atoms with Crippen LogP contribution in [-0.2, 0) is 0 Å². The van der Waals surface area contributed by atoms with Gasteiger partial charge in [0.1, 0.15) is 0 Å². The average Bonchev–Trinajstić information content (AvgIpc) is 2.71. The summed E-state index contributed by atoms with van der Waals surface area (Å²) in [7, 11) is 0. The fourth-order valence-electron chi connectivity index (χ4n) is 1.38. The summed E-state index contributed by atoms with van der Waals surface area (Å²) in [4.78, 5) is 4.42. The van der Waals surface area contributed by atoms with Crippen molar-refractivity contribution in [2.75, 3.05) is 5.43 Å². The predicted molar refractivity (Wildman–Crippen MR) is 71.3 cm³/mol. The highest BCUT2D eigenvalue weighted by molar-refractivity contribution is 7.22. The number of fused-ring (bicyclic) bond motifs is 1. The minimum atomic E-state index is 0.856. The molecule has 0 fully saturated rings. The zero-order valence-corrected chi connectivity index (χ0v) is 10.1. The van der Waals surface area contributed by atoms with Gasteiger partial charge in [0.2, 0.25) is 5.13 Å². The van der Waals surface area contributed by atoms with Gasteiger partial charge in [0.05, 0.1) is 10.2 Å². The minimum Gasteiger partial charge on any atom is -0.253 e. The Hall–Kier alpha value is -1.42. The van der Waals surface area contributed by atoms with Crippen LogP contribution in [0.4, 0.5) is 5.13 Å². The van der Waals surface area contributed by atoms with Gasteiger partial charge < -0.3 is 0 Å². The summed E-state index contributed by atoms with van der Waals surface area (Å²) < 4.78 is 1.19. The third-order valence-corrected chi connectivity index (χ3v) is 3.17. The molecule has 2 aromatic rings. The van der Waals surface area contributed by atoms with Gasteiger partial charge in [-0.1, -0.05) is 36.8 Å². The van der Waals surface area contributed by atoms with E-state index in [0.29, 0.717) is 0 Å². The van der Waals surface area contributed by atoms with Crippen molar-refractivity contribution in [3.63, 3.8) is 0 Å². The molecule has 0 spiro atoms. The van der Waals surface area contributed by atoms with Crippen LogP contribution in [0.2, 0.25) is 0 Å². The van der Waals surface area contributed by atoms with Crippen molar-refractivity contribution in [1.29, 1.82) is 0 Å². The van der Waals surface area contributed by atoms with E-state index in [1.54, 1.807) is 11.3 Å². The third-order valence-electron chi connectivity index (χ3n) is 2.23. The SMILES string of the molecule is CCCCC=NNc1nc2ccccc2s1. The Kier molecular flexibility index (Phi) is 3.88. The average molecular weight is 233 g/mol. The first kappa shape index (κ1) is 11.1. The number of hydrogen-bond acceptors (Lipinski definition) is 4. The molecule has 16 heavy (non-hydrogen) atoms. The topological polar surface area (TPSA) is 37.3 Å². The maximum atomic E-state index is 4.42. The number of nitrogens with zero attached hydrogens (tertiary/aromatic N) is 2. The maximum Gasteiger partial charge on any atom is 0.204 e. The molecule has 4 heteroatoms. The van der Waals surface area contributed by atoms with Gasteiger partial charge in [0.15, 0.2) is 0 Å². The molecule has 1 aromatic heterocycles. The molecule has 3 nitrogen and oxygen atoms in total. The molecule has 0 atom stereocenters. The summed E-state index contributed by atoms with van der Waals surface area (Å²) in [6.45, 7) is 2.18. The Morgan fingerprint density at radius 1 is 1.44 bits per heavy atom. The van der Waals surface area contributed by atoms with Gasteiger partial charge in [0, 0.05) is 6.21 Å². The van der Waals surface area contributed by atoms with Crippen LogP contribution in [0.5, 0.6) is 0 Å². The van der Waals surface area contributed by atoms with Crippen LogP contribution in [0.3, 0.4) is 0 Å². The number of thiazole rings is 1. The zero-order chi connectivity index (χ0) is 11.2. The largest absolute Gasteiger partial charge is 0.253 e. The minimum absolute atomic E-state index is 0.856. The summed E-state index contributed by atoms with van der Waals surface area (Å²) in [6, 6.07) is 8.10. The van der Waals surface area contributed by atoms with E-state index in [1.165, 1.54) is 17.5 Å². The van der Waals surface area contributed by atoms with Crippen LogP contribution < -0.4 is 5.43 Å². The van der Waals surface area contributed by atoms with Gasteiger partial charge in [-0.2, -0.15) is 5.10 Å². The van der Waals surface area contributed by atoms with Gasteiger partial charge in [-0.15, -0.1) is 0 Å². The molecule has 0 aliphatic heterocycles. The van der Waals surface area contributed by atoms with Crippen LogP contribution in [0.25, 0.3) is 10.2 Å². The van der Waals surface area contributed by atoms with E-state index in [2.05, 4.69) is 28.5 Å². The standard InChI is InChI=1S/C12H15N3S/c1-2-3-6-9-13-15-12-14-10-7-4-5-8-11(10)16-12/h4-5,7-9H,2-3,6H2,1H3,(H,14,15). The number of para-hydroxylation sites is 1. The van der Waals surface area contributed by atoms with Gasteiger partial charge in [-0.3, -0.25) is 5.43 Å².